The van der Waals surface area contributed by atoms with Crippen molar-refractivity contribution in [3.8, 4) is 0 Å². The number of hydrogen-bond acceptors (Lipinski definition) is 2. The third-order valence-corrected chi connectivity index (χ3v) is 2.79. The van der Waals surface area contributed by atoms with Crippen LogP contribution in [0, 0.1) is 0 Å². The summed E-state index contributed by atoms with van der Waals surface area (Å²) in [5, 5.41) is 13.5. The minimum Gasteiger partial charge on any atom is -0.391 e. The highest BCUT2D eigenvalue weighted by Crippen LogP contribution is 2.32. The maximum absolute atomic E-state index is 10.0. The number of aliphatic hydroxyl groups excluding tert-OH is 1. The van der Waals surface area contributed by atoms with E-state index in [0.717, 1.165) is 6.42 Å². The van der Waals surface area contributed by atoms with Crippen LogP contribution in [0.5, 0.6) is 0 Å². The Hall–Kier alpha value is -0.860. The van der Waals surface area contributed by atoms with E-state index < -0.39 is 0 Å². The lowest BCUT2D eigenvalue weighted by molar-refractivity contribution is 0.126. The molecule has 0 aromatic heterocycles. The van der Waals surface area contributed by atoms with Crippen LogP contribution in [0.15, 0.2) is 24.3 Å². The van der Waals surface area contributed by atoms with Gasteiger partial charge in [0, 0.05) is 12.0 Å². The number of aliphatic hydroxyl groups is 1. The van der Waals surface area contributed by atoms with E-state index in [1.165, 1.54) is 11.1 Å². The summed E-state index contributed by atoms with van der Waals surface area (Å²) >= 11 is 0. The molecule has 2 N–H and O–H groups in total. The van der Waals surface area contributed by atoms with Gasteiger partial charge < -0.3 is 10.4 Å². The molecule has 1 aromatic carbocycles. The van der Waals surface area contributed by atoms with Gasteiger partial charge in [-0.25, -0.2) is 0 Å². The zero-order valence-electron chi connectivity index (χ0n) is 11.6. The van der Waals surface area contributed by atoms with E-state index in [2.05, 4.69) is 38.2 Å². The van der Waals surface area contributed by atoms with Crippen LogP contribution in [0.3, 0.4) is 0 Å². The van der Waals surface area contributed by atoms with E-state index in [-0.39, 0.29) is 17.7 Å². The maximum Gasteiger partial charge on any atom is 0.0775 e. The molecular formula is C15H25NO. The van der Waals surface area contributed by atoms with Gasteiger partial charge in [-0.05, 0) is 31.9 Å². The van der Waals surface area contributed by atoms with Gasteiger partial charge >= 0.3 is 0 Å². The zero-order valence-corrected chi connectivity index (χ0v) is 11.6. The Morgan fingerprint density at radius 1 is 1.18 bits per heavy atom. The van der Waals surface area contributed by atoms with E-state index in [9.17, 15) is 5.11 Å². The van der Waals surface area contributed by atoms with E-state index in [1.807, 2.05) is 26.0 Å². The second-order valence-corrected chi connectivity index (χ2v) is 5.34. The molecule has 0 unspecified atom stereocenters. The fraction of sp³-hybridized carbons (Fsp3) is 0.600. The van der Waals surface area contributed by atoms with Gasteiger partial charge in [0.05, 0.1) is 12.1 Å². The molecule has 0 heterocycles. The zero-order chi connectivity index (χ0) is 13.1. The standard InChI is InChI=1S/C13H19NO.C2H6/c1-13(2,3)14-12-10-7-5-4-6-9(10)8-11(12)15;1-2/h4-7,11-12,14-15H,8H2,1-3H3;1-2H3/t11-,12-;/m1./s1. The van der Waals surface area contributed by atoms with Crippen molar-refractivity contribution in [1.82, 2.24) is 5.32 Å². The largest absolute Gasteiger partial charge is 0.391 e. The van der Waals surface area contributed by atoms with Crippen LogP contribution in [0.4, 0.5) is 0 Å². The van der Waals surface area contributed by atoms with Gasteiger partial charge in [0.2, 0.25) is 0 Å². The topological polar surface area (TPSA) is 32.3 Å². The Bertz CT molecular complexity index is 354. The summed E-state index contributed by atoms with van der Waals surface area (Å²) < 4.78 is 0. The van der Waals surface area contributed by atoms with Crippen molar-refractivity contribution in [2.24, 2.45) is 0 Å². The van der Waals surface area contributed by atoms with Gasteiger partial charge in [-0.1, -0.05) is 38.1 Å². The lowest BCUT2D eigenvalue weighted by Gasteiger charge is -2.28. The van der Waals surface area contributed by atoms with Gasteiger partial charge in [-0.2, -0.15) is 0 Å². The molecule has 0 bridgehead atoms. The van der Waals surface area contributed by atoms with Crippen LogP contribution in [0.1, 0.15) is 51.8 Å². The molecule has 0 radical (unpaired) electrons. The molecule has 0 fully saturated rings. The average Bonchev–Trinajstić information content (AvgIpc) is 2.57. The van der Waals surface area contributed by atoms with Crippen LogP contribution >= 0.6 is 0 Å². The smallest absolute Gasteiger partial charge is 0.0775 e. The Kier molecular flexibility index (Phi) is 4.72. The summed E-state index contributed by atoms with van der Waals surface area (Å²) in [5.41, 5.74) is 2.55. The molecule has 2 heteroatoms. The quantitative estimate of drug-likeness (QED) is 0.784. The molecule has 2 nitrogen and oxygen atoms in total. The lowest BCUT2D eigenvalue weighted by Crippen LogP contribution is -2.42. The van der Waals surface area contributed by atoms with Crippen LogP contribution < -0.4 is 5.32 Å². The fourth-order valence-electron chi connectivity index (χ4n) is 2.21. The molecule has 17 heavy (non-hydrogen) atoms. The fourth-order valence-corrected chi connectivity index (χ4v) is 2.21. The Balaban J connectivity index is 0.000000686. The minimum absolute atomic E-state index is 0.0309. The van der Waals surface area contributed by atoms with Crippen molar-refractivity contribution < 1.29 is 5.11 Å². The minimum atomic E-state index is -0.290. The predicted octanol–water partition coefficient (Wildman–Crippen LogP) is 3.06. The normalized spacial score (nSPS) is 22.7. The van der Waals surface area contributed by atoms with Crippen LogP contribution in [-0.2, 0) is 6.42 Å². The molecule has 0 aliphatic heterocycles. The van der Waals surface area contributed by atoms with E-state index in [1.54, 1.807) is 0 Å². The number of rotatable bonds is 1. The van der Waals surface area contributed by atoms with E-state index in [0.29, 0.717) is 0 Å². The monoisotopic (exact) mass is 235 g/mol. The molecular weight excluding hydrogens is 210 g/mol. The summed E-state index contributed by atoms with van der Waals surface area (Å²) in [7, 11) is 0. The van der Waals surface area contributed by atoms with Gasteiger partial charge in [0.15, 0.2) is 0 Å². The Morgan fingerprint density at radius 3 is 2.35 bits per heavy atom. The van der Waals surface area contributed by atoms with Gasteiger partial charge in [0.1, 0.15) is 0 Å². The van der Waals surface area contributed by atoms with E-state index in [4.69, 9.17) is 0 Å². The molecule has 1 aliphatic carbocycles. The summed E-state index contributed by atoms with van der Waals surface area (Å²) in [6.45, 7) is 10.4. The number of nitrogens with one attached hydrogen (secondary N) is 1. The highest BCUT2D eigenvalue weighted by Gasteiger charge is 2.32. The van der Waals surface area contributed by atoms with Gasteiger partial charge in [-0.15, -0.1) is 0 Å². The first kappa shape index (κ1) is 14.2. The number of hydrogen-bond donors (Lipinski definition) is 2. The second-order valence-electron chi connectivity index (χ2n) is 5.34. The first-order chi connectivity index (χ1) is 7.97. The molecule has 1 aromatic rings. The third kappa shape index (κ3) is 3.55. The first-order valence-corrected chi connectivity index (χ1v) is 6.51. The summed E-state index contributed by atoms with van der Waals surface area (Å²) in [5.74, 6) is 0. The highest BCUT2D eigenvalue weighted by molar-refractivity contribution is 5.36. The molecule has 2 rings (SSSR count). The molecule has 0 spiro atoms. The third-order valence-electron chi connectivity index (χ3n) is 2.79. The molecule has 2 atom stereocenters. The maximum atomic E-state index is 10.0. The highest BCUT2D eigenvalue weighted by atomic mass is 16.3. The number of fused-ring (bicyclic) bond motifs is 1. The predicted molar refractivity (Wildman–Crippen MR) is 73.1 cm³/mol. The van der Waals surface area contributed by atoms with Gasteiger partial charge in [-0.3, -0.25) is 0 Å². The summed E-state index contributed by atoms with van der Waals surface area (Å²) in [6.07, 6.45) is 0.478. The van der Waals surface area contributed by atoms with Crippen LogP contribution in [0.25, 0.3) is 0 Å². The SMILES string of the molecule is CC.CC(C)(C)N[C@@H]1c2ccccc2C[C@H]1O. The number of benzene rings is 1. The van der Waals surface area contributed by atoms with Crippen LogP contribution in [-0.4, -0.2) is 16.7 Å². The van der Waals surface area contributed by atoms with Crippen molar-refractivity contribution in [3.63, 3.8) is 0 Å². The van der Waals surface area contributed by atoms with Crippen LogP contribution in [0.2, 0.25) is 0 Å². The van der Waals surface area contributed by atoms with Crippen molar-refractivity contribution in [1.29, 1.82) is 0 Å². The van der Waals surface area contributed by atoms with Crippen molar-refractivity contribution in [2.45, 2.75) is 58.7 Å². The second kappa shape index (κ2) is 5.65. The van der Waals surface area contributed by atoms with Crippen molar-refractivity contribution in [3.05, 3.63) is 35.4 Å². The van der Waals surface area contributed by atoms with E-state index >= 15 is 0 Å². The molecule has 0 saturated heterocycles. The Labute approximate surface area is 105 Å². The first-order valence-electron chi connectivity index (χ1n) is 6.51. The molecule has 1 aliphatic rings. The van der Waals surface area contributed by atoms with Crippen molar-refractivity contribution >= 4 is 0 Å². The summed E-state index contributed by atoms with van der Waals surface area (Å²) in [6, 6.07) is 8.36. The average molecular weight is 235 g/mol. The summed E-state index contributed by atoms with van der Waals surface area (Å²) in [4.78, 5) is 0. The van der Waals surface area contributed by atoms with Crippen molar-refractivity contribution in [2.75, 3.05) is 0 Å². The molecule has 0 saturated carbocycles. The Morgan fingerprint density at radius 2 is 1.76 bits per heavy atom. The lowest BCUT2D eigenvalue weighted by atomic mass is 10.0. The molecule has 0 amide bonds. The van der Waals surface area contributed by atoms with Gasteiger partial charge in [0.25, 0.3) is 0 Å². The molecule has 96 valence electrons.